The van der Waals surface area contributed by atoms with Crippen LogP contribution in [0, 0.1) is 11.3 Å². The standard InChI is InChI=1S/C17H34O2Si/c1-10-17(18)13(2)11-14(12-16(17,6)7)19-20(8,9)15(3,4)5/h10,13-14,18H,1,11-12H2,2-9H3/t13-,14+,17+/m0/s1. The fourth-order valence-electron chi connectivity index (χ4n) is 3.22. The van der Waals surface area contributed by atoms with E-state index in [1.54, 1.807) is 6.08 Å². The van der Waals surface area contributed by atoms with Gasteiger partial charge in [-0.25, -0.2) is 0 Å². The van der Waals surface area contributed by atoms with E-state index in [4.69, 9.17) is 4.43 Å². The van der Waals surface area contributed by atoms with Gasteiger partial charge in [-0.1, -0.05) is 47.6 Å². The molecule has 0 amide bonds. The van der Waals surface area contributed by atoms with E-state index in [9.17, 15) is 5.11 Å². The zero-order chi connectivity index (χ0) is 16.0. The highest BCUT2D eigenvalue weighted by molar-refractivity contribution is 6.74. The quantitative estimate of drug-likeness (QED) is 0.602. The first-order valence-electron chi connectivity index (χ1n) is 7.80. The van der Waals surface area contributed by atoms with Crippen molar-refractivity contribution in [3.05, 3.63) is 12.7 Å². The maximum absolute atomic E-state index is 10.9. The summed E-state index contributed by atoms with van der Waals surface area (Å²) in [7, 11) is -1.75. The van der Waals surface area contributed by atoms with Crippen molar-refractivity contribution in [1.29, 1.82) is 0 Å². The third-order valence-corrected chi connectivity index (χ3v) is 10.3. The van der Waals surface area contributed by atoms with Crippen molar-refractivity contribution in [2.45, 2.75) is 84.2 Å². The van der Waals surface area contributed by atoms with Crippen LogP contribution in [0.1, 0.15) is 54.4 Å². The molecule has 20 heavy (non-hydrogen) atoms. The van der Waals surface area contributed by atoms with Crippen molar-refractivity contribution in [2.24, 2.45) is 11.3 Å². The topological polar surface area (TPSA) is 29.5 Å². The zero-order valence-electron chi connectivity index (χ0n) is 14.7. The Kier molecular flexibility index (Phi) is 4.71. The molecule has 118 valence electrons. The summed E-state index contributed by atoms with van der Waals surface area (Å²) >= 11 is 0. The summed E-state index contributed by atoms with van der Waals surface area (Å²) < 4.78 is 6.58. The molecular weight excluding hydrogens is 264 g/mol. The molecule has 0 aliphatic heterocycles. The van der Waals surface area contributed by atoms with Gasteiger partial charge in [-0.2, -0.15) is 0 Å². The molecule has 0 saturated heterocycles. The number of aliphatic hydroxyl groups is 1. The molecule has 1 rings (SSSR count). The predicted octanol–water partition coefficient (Wildman–Crippen LogP) is 4.75. The van der Waals surface area contributed by atoms with Crippen molar-refractivity contribution in [3.63, 3.8) is 0 Å². The molecule has 1 aliphatic rings. The molecule has 0 bridgehead atoms. The fourth-order valence-corrected chi connectivity index (χ4v) is 4.58. The fraction of sp³-hybridized carbons (Fsp3) is 0.882. The Bertz CT molecular complexity index is 368. The van der Waals surface area contributed by atoms with Crippen LogP contribution in [-0.4, -0.2) is 25.1 Å². The van der Waals surface area contributed by atoms with E-state index in [1.165, 1.54) is 0 Å². The summed E-state index contributed by atoms with van der Waals surface area (Å²) in [5, 5.41) is 11.1. The molecule has 2 nitrogen and oxygen atoms in total. The van der Waals surface area contributed by atoms with Gasteiger partial charge in [-0.05, 0) is 42.3 Å². The first-order valence-corrected chi connectivity index (χ1v) is 10.7. The summed E-state index contributed by atoms with van der Waals surface area (Å²) in [6.45, 7) is 21.7. The van der Waals surface area contributed by atoms with E-state index in [1.807, 2.05) is 0 Å². The van der Waals surface area contributed by atoms with Crippen LogP contribution >= 0.6 is 0 Å². The van der Waals surface area contributed by atoms with Crippen LogP contribution in [0.5, 0.6) is 0 Å². The minimum absolute atomic E-state index is 0.179. The normalized spacial score (nSPS) is 34.9. The molecule has 0 aromatic heterocycles. The van der Waals surface area contributed by atoms with Gasteiger partial charge in [0.2, 0.25) is 0 Å². The number of hydrogen-bond donors (Lipinski definition) is 1. The van der Waals surface area contributed by atoms with E-state index in [0.717, 1.165) is 12.8 Å². The highest BCUT2D eigenvalue weighted by atomic mass is 28.4. The summed E-state index contributed by atoms with van der Waals surface area (Å²) in [6, 6.07) is 0. The molecule has 0 aromatic rings. The first kappa shape index (κ1) is 17.9. The summed E-state index contributed by atoms with van der Waals surface area (Å²) in [5.41, 5.74) is -0.986. The smallest absolute Gasteiger partial charge is 0.192 e. The number of rotatable bonds is 3. The van der Waals surface area contributed by atoms with Crippen molar-refractivity contribution in [2.75, 3.05) is 0 Å². The summed E-state index contributed by atoms with van der Waals surface area (Å²) in [6.07, 6.45) is 3.80. The minimum Gasteiger partial charge on any atom is -0.414 e. The van der Waals surface area contributed by atoms with E-state index in [-0.39, 0.29) is 22.5 Å². The van der Waals surface area contributed by atoms with E-state index in [2.05, 4.69) is 61.2 Å². The molecule has 1 fully saturated rings. The molecule has 1 aliphatic carbocycles. The molecule has 0 aromatic carbocycles. The molecule has 1 N–H and O–H groups in total. The zero-order valence-corrected chi connectivity index (χ0v) is 15.7. The van der Waals surface area contributed by atoms with Gasteiger partial charge in [-0.15, -0.1) is 6.58 Å². The van der Waals surface area contributed by atoms with Gasteiger partial charge >= 0.3 is 0 Å². The molecule has 0 spiro atoms. The second-order valence-electron chi connectivity index (χ2n) is 8.75. The summed E-state index contributed by atoms with van der Waals surface area (Å²) in [4.78, 5) is 0. The van der Waals surface area contributed by atoms with Gasteiger partial charge < -0.3 is 9.53 Å². The second kappa shape index (κ2) is 5.26. The molecule has 3 heteroatoms. The third-order valence-electron chi connectivity index (χ3n) is 5.77. The Hall–Kier alpha value is -0.123. The highest BCUT2D eigenvalue weighted by Crippen LogP contribution is 2.50. The van der Waals surface area contributed by atoms with Crippen LogP contribution in [0.25, 0.3) is 0 Å². The predicted molar refractivity (Wildman–Crippen MR) is 89.4 cm³/mol. The lowest BCUT2D eigenvalue weighted by Gasteiger charge is -2.53. The van der Waals surface area contributed by atoms with Crippen LogP contribution in [0.15, 0.2) is 12.7 Å². The van der Waals surface area contributed by atoms with Crippen LogP contribution in [0.2, 0.25) is 18.1 Å². The van der Waals surface area contributed by atoms with Crippen molar-refractivity contribution >= 4 is 8.32 Å². The molecular formula is C17H34O2Si. The minimum atomic E-state index is -1.75. The van der Waals surface area contributed by atoms with Crippen LogP contribution < -0.4 is 0 Å². The molecule has 0 radical (unpaired) electrons. The average molecular weight is 299 g/mol. The lowest BCUT2D eigenvalue weighted by atomic mass is 9.60. The molecule has 0 unspecified atom stereocenters. The van der Waals surface area contributed by atoms with E-state index < -0.39 is 13.9 Å². The summed E-state index contributed by atoms with van der Waals surface area (Å²) in [5.74, 6) is 0.179. The van der Waals surface area contributed by atoms with Crippen molar-refractivity contribution in [1.82, 2.24) is 0 Å². The SMILES string of the molecule is C=C[C@@]1(O)[C@@H](C)C[C@@H](O[Si](C)(C)C(C)(C)C)CC1(C)C. The van der Waals surface area contributed by atoms with Gasteiger partial charge in [-0.3, -0.25) is 0 Å². The first-order chi connectivity index (χ1) is 8.77. The van der Waals surface area contributed by atoms with E-state index >= 15 is 0 Å². The van der Waals surface area contributed by atoms with Gasteiger partial charge in [0.25, 0.3) is 0 Å². The Balaban J connectivity index is 2.92. The lowest BCUT2D eigenvalue weighted by molar-refractivity contribution is -0.124. The van der Waals surface area contributed by atoms with Gasteiger partial charge in [0.05, 0.1) is 5.60 Å². The highest BCUT2D eigenvalue weighted by Gasteiger charge is 2.52. The van der Waals surface area contributed by atoms with Crippen LogP contribution in [-0.2, 0) is 4.43 Å². The lowest BCUT2D eigenvalue weighted by Crippen LogP contribution is -2.56. The van der Waals surface area contributed by atoms with E-state index in [0.29, 0.717) is 0 Å². The molecule has 1 saturated carbocycles. The Morgan fingerprint density at radius 3 is 2.15 bits per heavy atom. The Labute approximate surface area is 126 Å². The number of hydrogen-bond acceptors (Lipinski definition) is 2. The van der Waals surface area contributed by atoms with Gasteiger partial charge in [0.15, 0.2) is 8.32 Å². The average Bonchev–Trinajstić information content (AvgIpc) is 2.22. The monoisotopic (exact) mass is 298 g/mol. The van der Waals surface area contributed by atoms with Crippen LogP contribution in [0.4, 0.5) is 0 Å². The second-order valence-corrected chi connectivity index (χ2v) is 13.5. The van der Waals surface area contributed by atoms with Gasteiger partial charge in [0, 0.05) is 6.10 Å². The Morgan fingerprint density at radius 2 is 1.80 bits per heavy atom. The van der Waals surface area contributed by atoms with Crippen molar-refractivity contribution < 1.29 is 9.53 Å². The molecule has 0 heterocycles. The van der Waals surface area contributed by atoms with Crippen molar-refractivity contribution in [3.8, 4) is 0 Å². The van der Waals surface area contributed by atoms with Gasteiger partial charge in [0.1, 0.15) is 0 Å². The van der Waals surface area contributed by atoms with Crippen LogP contribution in [0.3, 0.4) is 0 Å². The Morgan fingerprint density at radius 1 is 1.30 bits per heavy atom. The maximum Gasteiger partial charge on any atom is 0.192 e. The maximum atomic E-state index is 10.9. The largest absolute Gasteiger partial charge is 0.414 e. The molecule has 3 atom stereocenters. The third kappa shape index (κ3) is 3.05.